The first-order valence-electron chi connectivity index (χ1n) is 18.4. The van der Waals surface area contributed by atoms with Crippen molar-refractivity contribution in [2.24, 2.45) is 46.3 Å². The van der Waals surface area contributed by atoms with Crippen molar-refractivity contribution in [1.29, 1.82) is 0 Å². The second kappa shape index (κ2) is 18.6. The Hall–Kier alpha value is -0.570. The number of aliphatic hydroxyl groups excluding tert-OH is 3. The van der Waals surface area contributed by atoms with Gasteiger partial charge >= 0.3 is 0 Å². The number of halogens is 1. The quantitative estimate of drug-likeness (QED) is 0.0756. The minimum atomic E-state index is -0.400. The van der Waals surface area contributed by atoms with E-state index in [1.807, 2.05) is 22.6 Å². The van der Waals surface area contributed by atoms with E-state index in [1.165, 1.54) is 0 Å². The Balaban J connectivity index is 1.07. The van der Waals surface area contributed by atoms with Crippen LogP contribution < -0.4 is 10.6 Å². The molecule has 4 aliphatic rings. The van der Waals surface area contributed by atoms with Crippen LogP contribution in [0.3, 0.4) is 0 Å². The van der Waals surface area contributed by atoms with E-state index >= 15 is 0 Å². The van der Waals surface area contributed by atoms with Crippen molar-refractivity contribution >= 4 is 34.4 Å². The van der Waals surface area contributed by atoms with E-state index in [1.54, 1.807) is 0 Å². The number of hydrogen-bond donors (Lipinski definition) is 5. The van der Waals surface area contributed by atoms with Gasteiger partial charge in [0.05, 0.1) is 49.2 Å². The van der Waals surface area contributed by atoms with Gasteiger partial charge in [0.25, 0.3) is 0 Å². The predicted molar refractivity (Wildman–Crippen MR) is 189 cm³/mol. The highest BCUT2D eigenvalue weighted by Crippen LogP contribution is 2.68. The Labute approximate surface area is 296 Å². The van der Waals surface area contributed by atoms with Gasteiger partial charge in [-0.3, -0.25) is 9.59 Å². The number of carbonyl (C=O) groups is 2. The first kappa shape index (κ1) is 39.2. The highest BCUT2D eigenvalue weighted by Gasteiger charge is 2.65. The van der Waals surface area contributed by atoms with E-state index in [0.717, 1.165) is 64.2 Å². The van der Waals surface area contributed by atoms with Gasteiger partial charge < -0.3 is 40.2 Å². The molecule has 4 saturated carbocycles. The fourth-order valence-corrected chi connectivity index (χ4v) is 10.4. The number of ether oxygens (including phenoxy) is 3. The van der Waals surface area contributed by atoms with Crippen molar-refractivity contribution < 1.29 is 39.1 Å². The summed E-state index contributed by atoms with van der Waals surface area (Å²) in [6.45, 7) is 11.3. The first-order valence-corrected chi connectivity index (χ1v) is 19.9. The molecular weight excluding hydrogens is 715 g/mol. The Bertz CT molecular complexity index is 991. The number of alkyl halides is 1. The average molecular weight is 779 g/mol. The zero-order chi connectivity index (χ0) is 34.0. The van der Waals surface area contributed by atoms with Crippen LogP contribution in [0.25, 0.3) is 0 Å². The Kier molecular flexibility index (Phi) is 15.5. The standard InChI is InChI=1S/C36H63IN2O8/c1-24(6-9-32(43)38-12-4-14-45-16-18-47-19-17-46-15-5-13-39-33(44)23-37)27-7-8-28-34-29(22-31(42)36(27,28)3)35(2)11-10-26(40)20-25(35)21-30(34)41/h24-31,34,40-42H,4-23H2,1-3H3,(H,38,43)(H,39,44)/t24-,25?,26-,27-,28+,29+,30-,31+,34?,35+,36-/m1/s1. The van der Waals surface area contributed by atoms with E-state index in [0.29, 0.717) is 93.2 Å². The summed E-state index contributed by atoms with van der Waals surface area (Å²) in [6, 6.07) is 0. The molecule has 11 atom stereocenters. The molecule has 0 aromatic carbocycles. The lowest BCUT2D eigenvalue weighted by atomic mass is 9.43. The highest BCUT2D eigenvalue weighted by molar-refractivity contribution is 14.1. The molecular formula is C36H63IN2O8. The van der Waals surface area contributed by atoms with E-state index in [2.05, 4.69) is 31.4 Å². The topological polar surface area (TPSA) is 147 Å². The van der Waals surface area contributed by atoms with Crippen LogP contribution in [0, 0.1) is 46.3 Å². The number of aliphatic hydroxyl groups is 3. The fraction of sp³-hybridized carbons (Fsp3) is 0.944. The van der Waals surface area contributed by atoms with E-state index in [-0.39, 0.29) is 40.8 Å². The van der Waals surface area contributed by atoms with E-state index in [4.69, 9.17) is 14.2 Å². The monoisotopic (exact) mass is 778 g/mol. The van der Waals surface area contributed by atoms with Gasteiger partial charge in [-0.25, -0.2) is 0 Å². The zero-order valence-electron chi connectivity index (χ0n) is 29.1. The molecule has 2 amide bonds. The maximum absolute atomic E-state index is 12.7. The molecule has 47 heavy (non-hydrogen) atoms. The molecule has 2 unspecified atom stereocenters. The first-order chi connectivity index (χ1) is 22.5. The molecule has 0 saturated heterocycles. The third-order valence-corrected chi connectivity index (χ3v) is 13.5. The van der Waals surface area contributed by atoms with Gasteiger partial charge in [0.2, 0.25) is 11.8 Å². The minimum Gasteiger partial charge on any atom is -0.393 e. The Morgan fingerprint density at radius 2 is 1.45 bits per heavy atom. The number of nitrogens with one attached hydrogen (secondary N) is 2. The Morgan fingerprint density at radius 1 is 0.830 bits per heavy atom. The van der Waals surface area contributed by atoms with Crippen molar-refractivity contribution in [3.8, 4) is 0 Å². The molecule has 272 valence electrons. The van der Waals surface area contributed by atoms with Gasteiger partial charge in [0.15, 0.2) is 0 Å². The highest BCUT2D eigenvalue weighted by atomic mass is 127. The maximum atomic E-state index is 12.7. The third-order valence-electron chi connectivity index (χ3n) is 12.8. The van der Waals surface area contributed by atoms with Crippen molar-refractivity contribution in [2.45, 2.75) is 110 Å². The molecule has 10 nitrogen and oxygen atoms in total. The van der Waals surface area contributed by atoms with Gasteiger partial charge in [0, 0.05) is 32.7 Å². The smallest absolute Gasteiger partial charge is 0.229 e. The van der Waals surface area contributed by atoms with Gasteiger partial charge in [-0.05, 0) is 111 Å². The van der Waals surface area contributed by atoms with Gasteiger partial charge in [-0.1, -0.05) is 43.4 Å². The zero-order valence-corrected chi connectivity index (χ0v) is 31.3. The number of carbonyl (C=O) groups excluding carboxylic acids is 2. The molecule has 11 heteroatoms. The molecule has 4 fully saturated rings. The second-order valence-electron chi connectivity index (χ2n) is 15.4. The summed E-state index contributed by atoms with van der Waals surface area (Å²) in [5.41, 5.74) is -0.157. The van der Waals surface area contributed by atoms with Crippen molar-refractivity contribution in [3.63, 3.8) is 0 Å². The normalized spacial score (nSPS) is 37.0. The number of rotatable bonds is 19. The lowest BCUT2D eigenvalue weighted by molar-refractivity contribution is -0.207. The molecule has 0 spiro atoms. The van der Waals surface area contributed by atoms with E-state index < -0.39 is 6.10 Å². The summed E-state index contributed by atoms with van der Waals surface area (Å²) < 4.78 is 17.1. The average Bonchev–Trinajstić information content (AvgIpc) is 3.41. The van der Waals surface area contributed by atoms with Crippen LogP contribution in [-0.4, -0.2) is 103 Å². The number of hydrogen-bond acceptors (Lipinski definition) is 8. The molecule has 0 heterocycles. The number of amides is 2. The van der Waals surface area contributed by atoms with Crippen molar-refractivity contribution in [3.05, 3.63) is 0 Å². The molecule has 4 aliphatic carbocycles. The minimum absolute atomic E-state index is 0.0466. The SMILES string of the molecule is C[C@H](CCC(=O)NCCCOCCOCCOCCCNC(=O)CI)[C@H]1CC[C@H]2C3[C@H](O)CC4C[C@H](O)CC[C@]4(C)[C@H]3C[C@H](O)[C@]12C. The number of fused-ring (bicyclic) bond motifs is 5. The predicted octanol–water partition coefficient (Wildman–Crippen LogP) is 3.86. The molecule has 0 radical (unpaired) electrons. The van der Waals surface area contributed by atoms with Crippen LogP contribution in [0.5, 0.6) is 0 Å². The van der Waals surface area contributed by atoms with E-state index in [9.17, 15) is 24.9 Å². The van der Waals surface area contributed by atoms with Crippen LogP contribution in [-0.2, 0) is 23.8 Å². The molecule has 0 bridgehead atoms. The van der Waals surface area contributed by atoms with Crippen LogP contribution in [0.15, 0.2) is 0 Å². The van der Waals surface area contributed by atoms with Crippen LogP contribution in [0.1, 0.15) is 91.4 Å². The van der Waals surface area contributed by atoms with Crippen LogP contribution in [0.2, 0.25) is 0 Å². The van der Waals surface area contributed by atoms with Crippen LogP contribution >= 0.6 is 22.6 Å². The summed E-state index contributed by atoms with van der Waals surface area (Å²) in [7, 11) is 0. The Morgan fingerprint density at radius 3 is 2.09 bits per heavy atom. The summed E-state index contributed by atoms with van der Waals surface area (Å²) in [5.74, 6) is 1.91. The van der Waals surface area contributed by atoms with Crippen LogP contribution in [0.4, 0.5) is 0 Å². The summed E-state index contributed by atoms with van der Waals surface area (Å²) in [5, 5.41) is 39.5. The molecule has 4 rings (SSSR count). The second-order valence-corrected chi connectivity index (χ2v) is 16.2. The van der Waals surface area contributed by atoms with Gasteiger partial charge in [0.1, 0.15) is 0 Å². The molecule has 5 N–H and O–H groups in total. The maximum Gasteiger partial charge on any atom is 0.229 e. The molecule has 0 aromatic rings. The summed E-state index contributed by atoms with van der Waals surface area (Å²) >= 11 is 2.04. The van der Waals surface area contributed by atoms with Crippen molar-refractivity contribution in [1.82, 2.24) is 10.6 Å². The van der Waals surface area contributed by atoms with Crippen molar-refractivity contribution in [2.75, 3.05) is 57.2 Å². The third kappa shape index (κ3) is 9.82. The summed E-state index contributed by atoms with van der Waals surface area (Å²) in [6.07, 6.45) is 7.98. The van der Waals surface area contributed by atoms with Gasteiger partial charge in [-0.15, -0.1) is 0 Å². The fourth-order valence-electron chi connectivity index (χ4n) is 10.2. The summed E-state index contributed by atoms with van der Waals surface area (Å²) in [4.78, 5) is 23.8. The molecule has 0 aliphatic heterocycles. The lowest BCUT2D eigenvalue weighted by Crippen LogP contribution is -2.62. The van der Waals surface area contributed by atoms with Gasteiger partial charge in [-0.2, -0.15) is 0 Å². The largest absolute Gasteiger partial charge is 0.393 e. The molecule has 0 aromatic heterocycles. The lowest BCUT2D eigenvalue weighted by Gasteiger charge is -2.63.